The van der Waals surface area contributed by atoms with E-state index in [9.17, 15) is 14.9 Å². The molecule has 0 amide bonds. The van der Waals surface area contributed by atoms with Gasteiger partial charge in [0.2, 0.25) is 0 Å². The van der Waals surface area contributed by atoms with Crippen molar-refractivity contribution in [2.24, 2.45) is 0 Å². The largest absolute Gasteiger partial charge is 0.481 e. The van der Waals surface area contributed by atoms with Crippen molar-refractivity contribution in [1.29, 1.82) is 0 Å². The number of aromatic nitrogens is 2. The monoisotopic (exact) mass is 311 g/mol. The van der Waals surface area contributed by atoms with Crippen LogP contribution in [0.15, 0.2) is 26.9 Å². The third-order valence-electron chi connectivity index (χ3n) is 2.28. The molecule has 0 atom stereocenters. The van der Waals surface area contributed by atoms with Gasteiger partial charge in [-0.1, -0.05) is 0 Å². The molecule has 0 aromatic carbocycles. The fraction of sp³-hybridized carbons (Fsp3) is 0.182. The van der Waals surface area contributed by atoms with Crippen molar-refractivity contribution in [2.45, 2.75) is 22.7 Å². The molecule has 0 unspecified atom stereocenters. The van der Waals surface area contributed by atoms with Crippen LogP contribution in [0.5, 0.6) is 0 Å². The Morgan fingerprint density at radius 3 is 2.85 bits per heavy atom. The lowest BCUT2D eigenvalue weighted by Gasteiger charge is -1.99. The van der Waals surface area contributed by atoms with Gasteiger partial charge < -0.3 is 5.11 Å². The Kier molecular flexibility index (Phi) is 4.30. The highest BCUT2D eigenvalue weighted by Crippen LogP contribution is 2.30. The van der Waals surface area contributed by atoms with Crippen molar-refractivity contribution in [3.05, 3.63) is 39.0 Å². The Bertz CT molecular complexity index is 671. The van der Waals surface area contributed by atoms with Crippen LogP contribution >= 0.6 is 23.1 Å². The number of nitrogens with zero attached hydrogens (tertiary/aromatic N) is 3. The fourth-order valence-corrected chi connectivity index (χ4v) is 3.24. The van der Waals surface area contributed by atoms with Crippen LogP contribution in [0.4, 0.5) is 5.69 Å². The van der Waals surface area contributed by atoms with Crippen molar-refractivity contribution < 1.29 is 14.8 Å². The number of aliphatic carboxylic acids is 1. The number of carboxylic acids is 1. The van der Waals surface area contributed by atoms with E-state index in [-0.39, 0.29) is 12.1 Å². The molecule has 0 aliphatic carbocycles. The van der Waals surface area contributed by atoms with Gasteiger partial charge in [-0.25, -0.2) is 9.97 Å². The molecular weight excluding hydrogens is 302 g/mol. The van der Waals surface area contributed by atoms with E-state index >= 15 is 0 Å². The number of carboxylic acid groups (broad SMARTS) is 1. The molecule has 0 radical (unpaired) electrons. The minimum atomic E-state index is -0.934. The van der Waals surface area contributed by atoms with Crippen molar-refractivity contribution >= 4 is 34.8 Å². The lowest BCUT2D eigenvalue weighted by Crippen LogP contribution is -1.99. The van der Waals surface area contributed by atoms with Crippen LogP contribution in [0.25, 0.3) is 0 Å². The summed E-state index contributed by atoms with van der Waals surface area (Å²) in [7, 11) is 0. The molecule has 2 aromatic heterocycles. The molecule has 7 nitrogen and oxygen atoms in total. The van der Waals surface area contributed by atoms with Crippen LogP contribution in [0.1, 0.15) is 11.4 Å². The molecule has 20 heavy (non-hydrogen) atoms. The Morgan fingerprint density at radius 2 is 2.25 bits per heavy atom. The molecule has 9 heteroatoms. The zero-order valence-corrected chi connectivity index (χ0v) is 11.9. The molecule has 0 fully saturated rings. The van der Waals surface area contributed by atoms with Crippen molar-refractivity contribution in [3.8, 4) is 0 Å². The van der Waals surface area contributed by atoms with Crippen molar-refractivity contribution in [1.82, 2.24) is 9.97 Å². The molecule has 0 saturated carbocycles. The third-order valence-corrected chi connectivity index (χ3v) is 4.21. The highest BCUT2D eigenvalue weighted by atomic mass is 32.2. The molecule has 2 aromatic rings. The van der Waals surface area contributed by atoms with Gasteiger partial charge in [0, 0.05) is 11.4 Å². The van der Waals surface area contributed by atoms with E-state index in [1.807, 2.05) is 0 Å². The average Bonchev–Trinajstić information content (AvgIpc) is 2.75. The highest BCUT2D eigenvalue weighted by molar-refractivity contribution is 8.01. The van der Waals surface area contributed by atoms with Gasteiger partial charge in [-0.15, -0.1) is 11.3 Å². The molecule has 0 aliphatic rings. The first kappa shape index (κ1) is 14.4. The number of carbonyl (C=O) groups is 1. The van der Waals surface area contributed by atoms with Gasteiger partial charge in [0.05, 0.1) is 17.0 Å². The number of pyridine rings is 1. The predicted octanol–water partition coefficient (Wildman–Crippen LogP) is 2.53. The summed E-state index contributed by atoms with van der Waals surface area (Å²) in [5.74, 6) is -0.934. The average molecular weight is 311 g/mol. The number of hydrogen-bond acceptors (Lipinski definition) is 7. The maximum Gasteiger partial charge on any atom is 0.309 e. The van der Waals surface area contributed by atoms with Crippen LogP contribution in [-0.2, 0) is 11.2 Å². The summed E-state index contributed by atoms with van der Waals surface area (Å²) in [5, 5.41) is 21.6. The number of nitro groups is 1. The van der Waals surface area contributed by atoms with Crippen LogP contribution in [-0.4, -0.2) is 26.0 Å². The third kappa shape index (κ3) is 3.52. The standard InChI is InChI=1S/C11H9N3O4S2/c1-6-8(14(17)18)2-3-9(12-6)20-11-13-7(5-19-11)4-10(15)16/h2-3,5H,4H2,1H3,(H,15,16). The smallest absolute Gasteiger partial charge is 0.309 e. The van der Waals surface area contributed by atoms with Crippen molar-refractivity contribution in [3.63, 3.8) is 0 Å². The number of thiazole rings is 1. The molecule has 0 bridgehead atoms. The number of hydrogen-bond donors (Lipinski definition) is 1. The van der Waals surface area contributed by atoms with Gasteiger partial charge in [0.25, 0.3) is 5.69 Å². The summed E-state index contributed by atoms with van der Waals surface area (Å²) in [6.07, 6.45) is -0.121. The first-order chi connectivity index (χ1) is 9.45. The topological polar surface area (TPSA) is 106 Å². The van der Waals surface area contributed by atoms with Gasteiger partial charge in [-0.05, 0) is 24.8 Å². The van der Waals surface area contributed by atoms with Crippen LogP contribution < -0.4 is 0 Å². The van der Waals surface area contributed by atoms with Gasteiger partial charge in [-0.2, -0.15) is 0 Å². The van der Waals surface area contributed by atoms with E-state index in [4.69, 9.17) is 5.11 Å². The lowest BCUT2D eigenvalue weighted by molar-refractivity contribution is -0.385. The fourth-order valence-electron chi connectivity index (χ4n) is 1.44. The second-order valence-electron chi connectivity index (χ2n) is 3.79. The van der Waals surface area contributed by atoms with Gasteiger partial charge >= 0.3 is 5.97 Å². The quantitative estimate of drug-likeness (QED) is 0.668. The SMILES string of the molecule is Cc1nc(Sc2nc(CC(=O)O)cs2)ccc1[N+](=O)[O-]. The summed E-state index contributed by atoms with van der Waals surface area (Å²) < 4.78 is 0.655. The molecule has 104 valence electrons. The maximum absolute atomic E-state index is 10.7. The number of aryl methyl sites for hydroxylation is 1. The van der Waals surface area contributed by atoms with Crippen LogP contribution in [0, 0.1) is 17.0 Å². The second kappa shape index (κ2) is 5.97. The molecular formula is C11H9N3O4S2. The molecule has 1 N–H and O–H groups in total. The first-order valence-electron chi connectivity index (χ1n) is 5.42. The van der Waals surface area contributed by atoms with E-state index in [0.717, 1.165) is 0 Å². The first-order valence-corrected chi connectivity index (χ1v) is 7.11. The van der Waals surface area contributed by atoms with E-state index in [0.29, 0.717) is 20.8 Å². The zero-order chi connectivity index (χ0) is 14.7. The Morgan fingerprint density at radius 1 is 1.50 bits per heavy atom. The van der Waals surface area contributed by atoms with Gasteiger partial charge in [-0.3, -0.25) is 14.9 Å². The minimum absolute atomic E-state index is 0.0277. The predicted molar refractivity (Wildman–Crippen MR) is 73.2 cm³/mol. The van der Waals surface area contributed by atoms with E-state index in [1.54, 1.807) is 18.4 Å². The lowest BCUT2D eigenvalue weighted by atomic mass is 10.3. The Hall–Kier alpha value is -2.00. The summed E-state index contributed by atoms with van der Waals surface area (Å²) in [6, 6.07) is 2.95. The molecule has 2 rings (SSSR count). The van der Waals surface area contributed by atoms with Gasteiger partial charge in [0.15, 0.2) is 4.34 Å². The number of rotatable bonds is 5. The highest BCUT2D eigenvalue weighted by Gasteiger charge is 2.13. The summed E-state index contributed by atoms with van der Waals surface area (Å²) in [6.45, 7) is 1.57. The molecule has 0 saturated heterocycles. The van der Waals surface area contributed by atoms with Crippen molar-refractivity contribution in [2.75, 3.05) is 0 Å². The normalized spacial score (nSPS) is 10.4. The summed E-state index contributed by atoms with van der Waals surface area (Å²) in [4.78, 5) is 29.1. The van der Waals surface area contributed by atoms with Gasteiger partial charge in [0.1, 0.15) is 10.7 Å². The molecule has 2 heterocycles. The maximum atomic E-state index is 10.7. The minimum Gasteiger partial charge on any atom is -0.481 e. The second-order valence-corrected chi connectivity index (χ2v) is 5.91. The van der Waals surface area contributed by atoms with E-state index in [2.05, 4.69) is 9.97 Å². The summed E-state index contributed by atoms with van der Waals surface area (Å²) >= 11 is 2.57. The van der Waals surface area contributed by atoms with Crippen LogP contribution in [0.3, 0.4) is 0 Å². The van der Waals surface area contributed by atoms with E-state index < -0.39 is 10.9 Å². The molecule has 0 spiro atoms. The van der Waals surface area contributed by atoms with Crippen LogP contribution in [0.2, 0.25) is 0 Å². The molecule has 0 aliphatic heterocycles. The Labute approximate surface area is 121 Å². The van der Waals surface area contributed by atoms with E-state index in [1.165, 1.54) is 29.2 Å². The Balaban J connectivity index is 2.14. The zero-order valence-electron chi connectivity index (χ0n) is 10.3. The summed E-state index contributed by atoms with van der Waals surface area (Å²) in [5.41, 5.74) is 0.797.